The van der Waals surface area contributed by atoms with Gasteiger partial charge in [0.2, 0.25) is 0 Å². The van der Waals surface area contributed by atoms with Crippen LogP contribution in [0.25, 0.3) is 0 Å². The van der Waals surface area contributed by atoms with Gasteiger partial charge in [-0.3, -0.25) is 14.3 Å². The predicted octanol–water partition coefficient (Wildman–Crippen LogP) is 2.48. The summed E-state index contributed by atoms with van der Waals surface area (Å²) in [5, 5.41) is 19.2. The highest BCUT2D eigenvalue weighted by Gasteiger charge is 2.16. The van der Waals surface area contributed by atoms with Crippen LogP contribution in [0, 0.1) is 0 Å². The van der Waals surface area contributed by atoms with Crippen LogP contribution >= 0.6 is 0 Å². The maximum atomic E-state index is 12.3. The van der Waals surface area contributed by atoms with Crippen molar-refractivity contribution in [1.29, 1.82) is 0 Å². The highest BCUT2D eigenvalue weighted by molar-refractivity contribution is 6.43. The molecule has 9 heteroatoms. The van der Waals surface area contributed by atoms with Crippen LogP contribution in [0.5, 0.6) is 0 Å². The van der Waals surface area contributed by atoms with Gasteiger partial charge in [-0.1, -0.05) is 38.3 Å². The van der Waals surface area contributed by atoms with Crippen LogP contribution in [0.2, 0.25) is 0 Å². The molecule has 2 amide bonds. The molecule has 9 nitrogen and oxygen atoms in total. The van der Waals surface area contributed by atoms with E-state index in [4.69, 9.17) is 4.74 Å². The quantitative estimate of drug-likeness (QED) is 0.323. The molecule has 0 aliphatic carbocycles. The topological polar surface area (TPSA) is 109 Å². The minimum absolute atomic E-state index is 0.285. The van der Waals surface area contributed by atoms with E-state index < -0.39 is 17.9 Å². The van der Waals surface area contributed by atoms with Crippen molar-refractivity contribution in [1.82, 2.24) is 14.7 Å². The van der Waals surface area contributed by atoms with Crippen LogP contribution in [0.1, 0.15) is 38.2 Å². The lowest BCUT2D eigenvalue weighted by molar-refractivity contribution is -0.133. The van der Waals surface area contributed by atoms with Crippen LogP contribution < -0.4 is 10.6 Å². The minimum atomic E-state index is -0.795. The molecule has 0 fully saturated rings. The van der Waals surface area contributed by atoms with E-state index in [2.05, 4.69) is 22.7 Å². The molecular formula is C23H35N5O4. The van der Waals surface area contributed by atoms with E-state index in [1.807, 2.05) is 31.1 Å². The van der Waals surface area contributed by atoms with Gasteiger partial charge in [0.1, 0.15) is 0 Å². The van der Waals surface area contributed by atoms with Gasteiger partial charge in [-0.2, -0.15) is 5.10 Å². The third-order valence-electron chi connectivity index (χ3n) is 4.67. The number of nitrogens with zero attached hydrogens (tertiary/aromatic N) is 3. The maximum absolute atomic E-state index is 12.3. The van der Waals surface area contributed by atoms with Crippen LogP contribution in [0.15, 0.2) is 36.7 Å². The summed E-state index contributed by atoms with van der Waals surface area (Å²) in [6.45, 7) is 4.12. The van der Waals surface area contributed by atoms with Crippen molar-refractivity contribution < 1.29 is 19.4 Å². The fraction of sp³-hybridized carbons (Fsp3) is 0.522. The second kappa shape index (κ2) is 13.6. The Morgan fingerprint density at radius 1 is 1.16 bits per heavy atom. The maximum Gasteiger partial charge on any atom is 0.314 e. The molecule has 1 heterocycles. The fourth-order valence-corrected chi connectivity index (χ4v) is 3.16. The number of carbonyl (C=O) groups excluding carboxylic acids is 2. The van der Waals surface area contributed by atoms with Gasteiger partial charge >= 0.3 is 11.8 Å². The molecular weight excluding hydrogens is 410 g/mol. The number of aliphatic hydroxyl groups is 1. The van der Waals surface area contributed by atoms with Gasteiger partial charge in [-0.05, 0) is 38.2 Å². The summed E-state index contributed by atoms with van der Waals surface area (Å²) in [5.74, 6) is -1.57. The average molecular weight is 446 g/mol. The predicted molar refractivity (Wildman–Crippen MR) is 124 cm³/mol. The summed E-state index contributed by atoms with van der Waals surface area (Å²) in [7, 11) is 3.74. The van der Waals surface area contributed by atoms with Gasteiger partial charge in [0, 0.05) is 25.0 Å². The van der Waals surface area contributed by atoms with Crippen molar-refractivity contribution in [3.8, 4) is 0 Å². The Bertz CT molecular complexity index is 852. The van der Waals surface area contributed by atoms with Gasteiger partial charge < -0.3 is 25.4 Å². The summed E-state index contributed by atoms with van der Waals surface area (Å²) in [5.41, 5.74) is 1.84. The lowest BCUT2D eigenvalue weighted by Crippen LogP contribution is -2.30. The standard InChI is InChI=1S/C23H35N5O4/c1-4-5-6-7-11-32-17-18-9-8-10-19(12-18)25-22(30)23(31)26-20-13-24-28(14-20)16-21(29)15-27(2)3/h8-10,12-14,21,29H,4-7,11,15-17H2,1-3H3,(H,25,30)(H,26,31)/t21-/m1/s1. The van der Waals surface area contributed by atoms with Crippen LogP contribution in [0.3, 0.4) is 0 Å². The second-order valence-electron chi connectivity index (χ2n) is 8.09. The van der Waals surface area contributed by atoms with Crippen LogP contribution in [-0.4, -0.2) is 65.0 Å². The molecule has 0 aliphatic rings. The molecule has 2 aromatic rings. The van der Waals surface area contributed by atoms with E-state index in [-0.39, 0.29) is 6.54 Å². The van der Waals surface area contributed by atoms with Gasteiger partial charge in [-0.15, -0.1) is 0 Å². The van der Waals surface area contributed by atoms with Crippen molar-refractivity contribution in [2.24, 2.45) is 0 Å². The fourth-order valence-electron chi connectivity index (χ4n) is 3.16. The molecule has 1 atom stereocenters. The Balaban J connectivity index is 1.79. The number of hydrogen-bond donors (Lipinski definition) is 3. The van der Waals surface area contributed by atoms with Gasteiger partial charge in [0.15, 0.2) is 0 Å². The number of nitrogens with one attached hydrogen (secondary N) is 2. The third-order valence-corrected chi connectivity index (χ3v) is 4.67. The zero-order valence-corrected chi connectivity index (χ0v) is 19.2. The summed E-state index contributed by atoms with van der Waals surface area (Å²) < 4.78 is 7.20. The molecule has 0 saturated heterocycles. The Labute approximate surface area is 189 Å². The molecule has 0 bridgehead atoms. The number of amides is 2. The number of aliphatic hydroxyl groups excluding tert-OH is 1. The lowest BCUT2D eigenvalue weighted by Gasteiger charge is -2.15. The Morgan fingerprint density at radius 2 is 1.91 bits per heavy atom. The number of rotatable bonds is 13. The van der Waals surface area contributed by atoms with Crippen molar-refractivity contribution in [3.63, 3.8) is 0 Å². The summed E-state index contributed by atoms with van der Waals surface area (Å²) in [6, 6.07) is 7.24. The number of likely N-dealkylation sites (N-methyl/N-ethyl adjacent to an activating group) is 1. The van der Waals surface area contributed by atoms with E-state index in [0.717, 1.165) is 18.4 Å². The molecule has 3 N–H and O–H groups in total. The van der Waals surface area contributed by atoms with Crippen LogP contribution in [-0.2, 0) is 27.5 Å². The van der Waals surface area contributed by atoms with Gasteiger partial charge in [0.25, 0.3) is 0 Å². The molecule has 0 spiro atoms. The zero-order chi connectivity index (χ0) is 23.3. The summed E-state index contributed by atoms with van der Waals surface area (Å²) >= 11 is 0. The third kappa shape index (κ3) is 9.59. The van der Waals surface area contributed by atoms with E-state index >= 15 is 0 Å². The Hall–Kier alpha value is -2.75. The molecule has 0 unspecified atom stereocenters. The highest BCUT2D eigenvalue weighted by Crippen LogP contribution is 2.13. The molecule has 0 radical (unpaired) electrons. The van der Waals surface area contributed by atoms with Crippen molar-refractivity contribution in [2.45, 2.75) is 51.9 Å². The number of aromatic nitrogens is 2. The average Bonchev–Trinajstić information content (AvgIpc) is 3.16. The number of ether oxygens (including phenoxy) is 1. The molecule has 176 valence electrons. The first-order valence-corrected chi connectivity index (χ1v) is 11.0. The first kappa shape index (κ1) is 25.5. The minimum Gasteiger partial charge on any atom is -0.390 e. The number of unbranched alkanes of at least 4 members (excludes halogenated alkanes) is 3. The van der Waals surface area contributed by atoms with Crippen molar-refractivity contribution in [2.75, 3.05) is 37.9 Å². The second-order valence-corrected chi connectivity index (χ2v) is 8.09. The Kier molecular flexibility index (Phi) is 10.9. The first-order chi connectivity index (χ1) is 15.4. The molecule has 1 aromatic heterocycles. The molecule has 0 aliphatic heterocycles. The van der Waals surface area contributed by atoms with E-state index in [0.29, 0.717) is 31.1 Å². The first-order valence-electron chi connectivity index (χ1n) is 11.0. The number of benzene rings is 1. The monoisotopic (exact) mass is 445 g/mol. The largest absolute Gasteiger partial charge is 0.390 e. The summed E-state index contributed by atoms with van der Waals surface area (Å²) in [4.78, 5) is 26.4. The van der Waals surface area contributed by atoms with Crippen molar-refractivity contribution >= 4 is 23.2 Å². The molecule has 32 heavy (non-hydrogen) atoms. The summed E-state index contributed by atoms with van der Waals surface area (Å²) in [6.07, 6.45) is 7.02. The smallest absolute Gasteiger partial charge is 0.314 e. The lowest BCUT2D eigenvalue weighted by atomic mass is 10.2. The van der Waals surface area contributed by atoms with E-state index in [9.17, 15) is 14.7 Å². The normalized spacial score (nSPS) is 12.0. The number of hydrogen-bond acceptors (Lipinski definition) is 6. The van der Waals surface area contributed by atoms with E-state index in [1.54, 1.807) is 18.3 Å². The SMILES string of the molecule is CCCCCCOCc1cccc(NC(=O)C(=O)Nc2cnn(C[C@H](O)CN(C)C)c2)c1. The molecule has 0 saturated carbocycles. The molecule has 2 rings (SSSR count). The van der Waals surface area contributed by atoms with Gasteiger partial charge in [0.05, 0.1) is 31.1 Å². The molecule has 1 aromatic carbocycles. The zero-order valence-electron chi connectivity index (χ0n) is 19.2. The van der Waals surface area contributed by atoms with E-state index in [1.165, 1.54) is 23.7 Å². The Morgan fingerprint density at radius 3 is 2.62 bits per heavy atom. The highest BCUT2D eigenvalue weighted by atomic mass is 16.5. The van der Waals surface area contributed by atoms with Gasteiger partial charge in [-0.25, -0.2) is 0 Å². The van der Waals surface area contributed by atoms with Crippen LogP contribution in [0.4, 0.5) is 11.4 Å². The number of carbonyl (C=O) groups is 2. The number of anilines is 2. The van der Waals surface area contributed by atoms with Crippen molar-refractivity contribution in [3.05, 3.63) is 42.2 Å².